The molecule has 4 amide bonds. The Morgan fingerprint density at radius 1 is 1.26 bits per heavy atom. The van der Waals surface area contributed by atoms with Gasteiger partial charge in [-0.15, -0.1) is 0 Å². The smallest absolute Gasteiger partial charge is 0.325 e. The Hall–Kier alpha value is -1.59. The molecule has 0 aromatic heterocycles. The maximum absolute atomic E-state index is 12.8. The van der Waals surface area contributed by atoms with E-state index in [9.17, 15) is 14.4 Å². The first-order valence-electron chi connectivity index (χ1n) is 8.79. The van der Waals surface area contributed by atoms with Crippen molar-refractivity contribution in [3.63, 3.8) is 0 Å². The minimum Gasteiger partial charge on any atom is -0.336 e. The van der Waals surface area contributed by atoms with Crippen LogP contribution < -0.4 is 5.32 Å². The molecule has 0 unspecified atom stereocenters. The normalized spacial score (nSPS) is 31.0. The highest BCUT2D eigenvalue weighted by atomic mass is 16.2. The first-order valence-corrected chi connectivity index (χ1v) is 8.79. The molecule has 0 atom stereocenters. The van der Waals surface area contributed by atoms with Crippen LogP contribution in [0, 0.1) is 5.92 Å². The highest BCUT2D eigenvalue weighted by molar-refractivity contribution is 6.09. The standard InChI is InChI=1S/C17H27N3O3/c1-11(2)20(13-4-5-13)14(21)10-19-15(22)17(18-16(19)23)8-6-12(3)7-9-17/h11-13H,4-10H2,1-3H3,(H,18,23). The van der Waals surface area contributed by atoms with E-state index in [1.54, 1.807) is 0 Å². The van der Waals surface area contributed by atoms with Crippen molar-refractivity contribution in [1.82, 2.24) is 15.1 Å². The number of hydrogen-bond acceptors (Lipinski definition) is 3. The van der Waals surface area contributed by atoms with E-state index in [1.807, 2.05) is 18.7 Å². The van der Waals surface area contributed by atoms with Crippen molar-refractivity contribution in [2.45, 2.75) is 76.9 Å². The lowest BCUT2D eigenvalue weighted by Crippen LogP contribution is -2.50. The molecule has 1 N–H and O–H groups in total. The van der Waals surface area contributed by atoms with Crippen LogP contribution in [0.1, 0.15) is 59.3 Å². The molecule has 3 rings (SSSR count). The second-order valence-electron chi connectivity index (χ2n) is 7.71. The van der Waals surface area contributed by atoms with Crippen LogP contribution in [0.15, 0.2) is 0 Å². The number of hydrogen-bond donors (Lipinski definition) is 1. The molecule has 128 valence electrons. The summed E-state index contributed by atoms with van der Waals surface area (Å²) in [6.45, 7) is 6.00. The van der Waals surface area contributed by atoms with E-state index in [1.165, 1.54) is 0 Å². The van der Waals surface area contributed by atoms with Gasteiger partial charge in [0, 0.05) is 12.1 Å². The van der Waals surface area contributed by atoms with Crippen LogP contribution >= 0.6 is 0 Å². The van der Waals surface area contributed by atoms with Crippen molar-refractivity contribution in [1.29, 1.82) is 0 Å². The van der Waals surface area contributed by atoms with Gasteiger partial charge in [0.25, 0.3) is 5.91 Å². The minimum atomic E-state index is -0.758. The zero-order valence-electron chi connectivity index (χ0n) is 14.3. The van der Waals surface area contributed by atoms with E-state index in [0.29, 0.717) is 18.8 Å². The first kappa shape index (κ1) is 16.3. The molecule has 2 aliphatic carbocycles. The lowest BCUT2D eigenvalue weighted by Gasteiger charge is -2.33. The molecule has 3 fully saturated rings. The molecule has 0 radical (unpaired) electrons. The number of carbonyl (C=O) groups excluding carboxylic acids is 3. The quantitative estimate of drug-likeness (QED) is 0.804. The van der Waals surface area contributed by atoms with Gasteiger partial charge >= 0.3 is 6.03 Å². The van der Waals surface area contributed by atoms with Crippen LogP contribution in [0.2, 0.25) is 0 Å². The van der Waals surface area contributed by atoms with Gasteiger partial charge in [-0.1, -0.05) is 6.92 Å². The lowest BCUT2D eigenvalue weighted by atomic mass is 9.77. The van der Waals surface area contributed by atoms with Crippen LogP contribution in [0.5, 0.6) is 0 Å². The Morgan fingerprint density at radius 3 is 2.39 bits per heavy atom. The number of carbonyl (C=O) groups is 3. The van der Waals surface area contributed by atoms with Gasteiger partial charge in [-0.2, -0.15) is 0 Å². The Bertz CT molecular complexity index is 517. The van der Waals surface area contributed by atoms with Crippen molar-refractivity contribution >= 4 is 17.8 Å². The number of nitrogens with zero attached hydrogens (tertiary/aromatic N) is 2. The van der Waals surface area contributed by atoms with Gasteiger partial charge in [-0.3, -0.25) is 14.5 Å². The molecule has 0 aromatic carbocycles. The summed E-state index contributed by atoms with van der Waals surface area (Å²) in [6.07, 6.45) is 5.28. The summed E-state index contributed by atoms with van der Waals surface area (Å²) in [4.78, 5) is 40.6. The van der Waals surface area contributed by atoms with Crippen LogP contribution in [0.4, 0.5) is 4.79 Å². The Kier molecular flexibility index (Phi) is 4.10. The SMILES string of the molecule is CC1CCC2(CC1)NC(=O)N(CC(=O)N(C(C)C)C1CC1)C2=O. The maximum Gasteiger partial charge on any atom is 0.325 e. The Labute approximate surface area is 137 Å². The average molecular weight is 321 g/mol. The first-order chi connectivity index (χ1) is 10.8. The number of nitrogens with one attached hydrogen (secondary N) is 1. The Balaban J connectivity index is 1.69. The van der Waals surface area contributed by atoms with Crippen molar-refractivity contribution in [2.24, 2.45) is 5.92 Å². The molecule has 0 bridgehead atoms. The summed E-state index contributed by atoms with van der Waals surface area (Å²) in [5, 5.41) is 2.87. The third-order valence-corrected chi connectivity index (χ3v) is 5.45. The molecule has 0 aromatic rings. The highest BCUT2D eigenvalue weighted by Crippen LogP contribution is 2.36. The zero-order valence-corrected chi connectivity index (χ0v) is 14.3. The third-order valence-electron chi connectivity index (χ3n) is 5.45. The van der Waals surface area contributed by atoms with Crippen molar-refractivity contribution < 1.29 is 14.4 Å². The number of rotatable bonds is 4. The molecule has 1 spiro atoms. The summed E-state index contributed by atoms with van der Waals surface area (Å²) in [7, 11) is 0. The number of imide groups is 1. The molecule has 1 saturated heterocycles. The van der Waals surface area contributed by atoms with Gasteiger partial charge in [0.05, 0.1) is 0 Å². The monoisotopic (exact) mass is 321 g/mol. The van der Waals surface area contributed by atoms with E-state index in [4.69, 9.17) is 0 Å². The van der Waals surface area contributed by atoms with Crippen molar-refractivity contribution in [3.8, 4) is 0 Å². The fraction of sp³-hybridized carbons (Fsp3) is 0.824. The van der Waals surface area contributed by atoms with E-state index < -0.39 is 11.6 Å². The summed E-state index contributed by atoms with van der Waals surface area (Å²) in [5.74, 6) is 0.266. The molecular weight excluding hydrogens is 294 g/mol. The molecule has 3 aliphatic rings. The van der Waals surface area contributed by atoms with Gasteiger partial charge in [0.2, 0.25) is 5.91 Å². The van der Waals surface area contributed by atoms with Crippen LogP contribution in [-0.2, 0) is 9.59 Å². The van der Waals surface area contributed by atoms with Crippen LogP contribution in [-0.4, -0.2) is 51.8 Å². The van der Waals surface area contributed by atoms with Crippen molar-refractivity contribution in [3.05, 3.63) is 0 Å². The molecule has 6 heteroatoms. The topological polar surface area (TPSA) is 69.7 Å². The van der Waals surface area contributed by atoms with Crippen molar-refractivity contribution in [2.75, 3.05) is 6.54 Å². The second kappa shape index (κ2) is 5.80. The zero-order chi connectivity index (χ0) is 16.8. The lowest BCUT2D eigenvalue weighted by molar-refractivity contribution is -0.141. The van der Waals surface area contributed by atoms with Gasteiger partial charge in [0.15, 0.2) is 0 Å². The highest BCUT2D eigenvalue weighted by Gasteiger charge is 2.52. The van der Waals surface area contributed by atoms with Gasteiger partial charge in [-0.05, 0) is 58.3 Å². The Morgan fingerprint density at radius 2 is 1.87 bits per heavy atom. The minimum absolute atomic E-state index is 0.0975. The molecule has 23 heavy (non-hydrogen) atoms. The largest absolute Gasteiger partial charge is 0.336 e. The summed E-state index contributed by atoms with van der Waals surface area (Å²) < 4.78 is 0. The fourth-order valence-corrected chi connectivity index (χ4v) is 3.90. The second-order valence-corrected chi connectivity index (χ2v) is 7.71. The van der Waals surface area contributed by atoms with Gasteiger partial charge in [-0.25, -0.2) is 4.79 Å². The van der Waals surface area contributed by atoms with Gasteiger partial charge in [0.1, 0.15) is 12.1 Å². The predicted octanol–water partition coefficient (Wildman–Crippen LogP) is 1.89. The average Bonchev–Trinajstić information content (AvgIpc) is 3.27. The summed E-state index contributed by atoms with van der Waals surface area (Å²) >= 11 is 0. The number of amides is 4. The maximum atomic E-state index is 12.8. The van der Waals surface area contributed by atoms with Gasteiger partial charge < -0.3 is 10.2 Å². The fourth-order valence-electron chi connectivity index (χ4n) is 3.90. The van der Waals surface area contributed by atoms with E-state index in [-0.39, 0.29) is 30.4 Å². The molecule has 2 saturated carbocycles. The third kappa shape index (κ3) is 2.95. The summed E-state index contributed by atoms with van der Waals surface area (Å²) in [6, 6.07) is -0.0228. The molecular formula is C17H27N3O3. The molecule has 1 heterocycles. The van der Waals surface area contributed by atoms with E-state index in [2.05, 4.69) is 12.2 Å². The summed E-state index contributed by atoms with van der Waals surface area (Å²) in [5.41, 5.74) is -0.758. The molecule has 6 nitrogen and oxygen atoms in total. The molecule has 1 aliphatic heterocycles. The van der Waals surface area contributed by atoms with Crippen LogP contribution in [0.25, 0.3) is 0 Å². The van der Waals surface area contributed by atoms with Crippen LogP contribution in [0.3, 0.4) is 0 Å². The number of urea groups is 1. The predicted molar refractivity (Wildman–Crippen MR) is 85.6 cm³/mol. The van der Waals surface area contributed by atoms with E-state index >= 15 is 0 Å². The van der Waals surface area contributed by atoms with E-state index in [0.717, 1.165) is 30.6 Å².